The quantitative estimate of drug-likeness (QED) is 0.688. The fraction of sp³-hybridized carbons (Fsp3) is 0.526. The van der Waals surface area contributed by atoms with E-state index in [9.17, 15) is 31.4 Å². The van der Waals surface area contributed by atoms with Crippen LogP contribution < -0.4 is 5.32 Å². The predicted molar refractivity (Wildman–Crippen MR) is 95.5 cm³/mol. The van der Waals surface area contributed by atoms with Gasteiger partial charge in [-0.25, -0.2) is 9.97 Å². The molecule has 1 aliphatic carbocycles. The van der Waals surface area contributed by atoms with E-state index in [0.29, 0.717) is 6.20 Å². The summed E-state index contributed by atoms with van der Waals surface area (Å²) < 4.78 is 79.4. The number of aliphatic hydroxyl groups is 1. The lowest BCUT2D eigenvalue weighted by Gasteiger charge is -2.49. The van der Waals surface area contributed by atoms with Gasteiger partial charge in [-0.05, 0) is 24.5 Å². The van der Waals surface area contributed by atoms with Crippen molar-refractivity contribution in [2.45, 2.75) is 57.6 Å². The summed E-state index contributed by atoms with van der Waals surface area (Å²) in [4.78, 5) is 11.3. The summed E-state index contributed by atoms with van der Waals surface area (Å²) in [6.45, 7) is 3.44. The number of nitrogens with zero attached hydrogens (tertiary/aromatic N) is 3. The zero-order valence-electron chi connectivity index (χ0n) is 16.1. The van der Waals surface area contributed by atoms with Crippen LogP contribution in [0.2, 0.25) is 0 Å². The highest BCUT2D eigenvalue weighted by Gasteiger charge is 2.48. The van der Waals surface area contributed by atoms with Gasteiger partial charge in [0.15, 0.2) is 0 Å². The van der Waals surface area contributed by atoms with E-state index in [1.807, 2.05) is 0 Å². The maximum absolute atomic E-state index is 13.4. The van der Waals surface area contributed by atoms with Crippen LogP contribution in [-0.4, -0.2) is 32.2 Å². The first-order valence-corrected chi connectivity index (χ1v) is 9.18. The highest BCUT2D eigenvalue weighted by atomic mass is 19.4. The Morgan fingerprint density at radius 2 is 1.73 bits per heavy atom. The zero-order valence-corrected chi connectivity index (χ0v) is 16.1. The van der Waals surface area contributed by atoms with Crippen molar-refractivity contribution >= 4 is 5.82 Å². The van der Waals surface area contributed by atoms with Gasteiger partial charge in [0, 0.05) is 36.5 Å². The molecule has 5 nitrogen and oxygen atoms in total. The molecular formula is C19H20F6N4O. The molecule has 0 unspecified atom stereocenters. The maximum atomic E-state index is 13.4. The number of rotatable bonds is 5. The van der Waals surface area contributed by atoms with Crippen molar-refractivity contribution in [1.29, 1.82) is 0 Å². The minimum atomic E-state index is -4.71. The molecule has 1 saturated carbocycles. The standard InChI is InChI=1S/C19H20F6N4O/c1-17(2)13(7-14(17)30)28-16-12(19(23,24)25)9-27-15(29-16)4-3-10-8-26-6-5-11(10)18(20,21)22/h5-6,8-9,13-14,30H,3-4,7H2,1-2H3,(H,27,28,29)/t13-,14-/m0/s1. The summed E-state index contributed by atoms with van der Waals surface area (Å²) in [5.41, 5.74) is -2.66. The molecule has 2 heterocycles. The first-order valence-electron chi connectivity index (χ1n) is 9.18. The van der Waals surface area contributed by atoms with E-state index in [1.54, 1.807) is 13.8 Å². The van der Waals surface area contributed by atoms with Crippen molar-refractivity contribution < 1.29 is 31.4 Å². The van der Waals surface area contributed by atoms with Crippen molar-refractivity contribution in [1.82, 2.24) is 15.0 Å². The van der Waals surface area contributed by atoms with Gasteiger partial charge in [0.05, 0.1) is 11.7 Å². The lowest BCUT2D eigenvalue weighted by Crippen LogP contribution is -2.57. The average molecular weight is 434 g/mol. The molecule has 1 aliphatic rings. The summed E-state index contributed by atoms with van der Waals surface area (Å²) in [5.74, 6) is -0.472. The van der Waals surface area contributed by atoms with Gasteiger partial charge in [0.2, 0.25) is 0 Å². The Morgan fingerprint density at radius 3 is 2.30 bits per heavy atom. The van der Waals surface area contributed by atoms with Crippen LogP contribution in [0.15, 0.2) is 24.7 Å². The second-order valence-corrected chi connectivity index (χ2v) is 7.85. The second kappa shape index (κ2) is 7.68. The largest absolute Gasteiger partial charge is 0.421 e. The molecule has 0 aromatic carbocycles. The van der Waals surface area contributed by atoms with Gasteiger partial charge in [0.25, 0.3) is 0 Å². The lowest BCUT2D eigenvalue weighted by molar-refractivity contribution is -0.138. The van der Waals surface area contributed by atoms with E-state index in [1.165, 1.54) is 0 Å². The minimum Gasteiger partial charge on any atom is -0.392 e. The fourth-order valence-corrected chi connectivity index (χ4v) is 3.32. The fourth-order valence-electron chi connectivity index (χ4n) is 3.32. The molecule has 2 aromatic rings. The van der Waals surface area contributed by atoms with Gasteiger partial charge in [0.1, 0.15) is 17.2 Å². The Hall–Kier alpha value is -2.43. The molecule has 0 spiro atoms. The maximum Gasteiger partial charge on any atom is 0.421 e. The van der Waals surface area contributed by atoms with Crippen LogP contribution in [0.5, 0.6) is 0 Å². The number of aromatic nitrogens is 3. The van der Waals surface area contributed by atoms with Gasteiger partial charge in [-0.1, -0.05) is 13.8 Å². The highest BCUT2D eigenvalue weighted by molar-refractivity contribution is 5.47. The summed E-state index contributed by atoms with van der Waals surface area (Å²) >= 11 is 0. The number of aryl methyl sites for hydroxylation is 2. The van der Waals surface area contributed by atoms with E-state index in [-0.39, 0.29) is 30.7 Å². The van der Waals surface area contributed by atoms with Crippen molar-refractivity contribution in [3.05, 3.63) is 47.2 Å². The van der Waals surface area contributed by atoms with Gasteiger partial charge in [-0.2, -0.15) is 26.3 Å². The molecule has 3 rings (SSSR count). The Kier molecular flexibility index (Phi) is 5.70. The molecule has 0 amide bonds. The smallest absolute Gasteiger partial charge is 0.392 e. The topological polar surface area (TPSA) is 70.9 Å². The second-order valence-electron chi connectivity index (χ2n) is 7.85. The minimum absolute atomic E-state index is 0.0276. The van der Waals surface area contributed by atoms with Crippen molar-refractivity contribution in [2.24, 2.45) is 5.41 Å². The van der Waals surface area contributed by atoms with Crippen molar-refractivity contribution in [3.63, 3.8) is 0 Å². The zero-order chi connectivity index (χ0) is 22.3. The van der Waals surface area contributed by atoms with Crippen LogP contribution in [0.4, 0.5) is 32.2 Å². The number of halogens is 6. The Morgan fingerprint density at radius 1 is 1.07 bits per heavy atom. The van der Waals surface area contributed by atoms with Gasteiger partial charge >= 0.3 is 12.4 Å². The Bertz CT molecular complexity index is 913. The van der Waals surface area contributed by atoms with Crippen molar-refractivity contribution in [2.75, 3.05) is 5.32 Å². The van der Waals surface area contributed by atoms with E-state index < -0.39 is 46.9 Å². The first kappa shape index (κ1) is 22.3. The summed E-state index contributed by atoms with van der Waals surface area (Å²) in [6, 6.07) is 0.409. The molecule has 1 fully saturated rings. The number of alkyl halides is 6. The molecule has 0 saturated heterocycles. The third kappa shape index (κ3) is 4.50. The number of nitrogens with one attached hydrogen (secondary N) is 1. The Labute approximate surface area is 168 Å². The molecule has 0 bridgehead atoms. The third-order valence-electron chi connectivity index (χ3n) is 5.50. The SMILES string of the molecule is CC1(C)[C@@H](Nc2nc(CCc3cnccc3C(F)(F)F)ncc2C(F)(F)F)C[C@@H]1O. The van der Waals surface area contributed by atoms with E-state index in [0.717, 1.165) is 18.5 Å². The molecule has 0 radical (unpaired) electrons. The monoisotopic (exact) mass is 434 g/mol. The molecule has 2 atom stereocenters. The Balaban J connectivity index is 1.84. The number of aliphatic hydroxyl groups excluding tert-OH is 1. The molecule has 30 heavy (non-hydrogen) atoms. The van der Waals surface area contributed by atoms with Crippen LogP contribution in [0.25, 0.3) is 0 Å². The van der Waals surface area contributed by atoms with Gasteiger partial charge in [-0.15, -0.1) is 0 Å². The molecule has 11 heteroatoms. The number of anilines is 1. The van der Waals surface area contributed by atoms with Crippen LogP contribution in [-0.2, 0) is 25.2 Å². The van der Waals surface area contributed by atoms with Gasteiger partial charge < -0.3 is 10.4 Å². The molecule has 164 valence electrons. The van der Waals surface area contributed by atoms with E-state index in [2.05, 4.69) is 20.3 Å². The van der Waals surface area contributed by atoms with Crippen LogP contribution in [0.1, 0.15) is 42.8 Å². The van der Waals surface area contributed by atoms with Crippen LogP contribution >= 0.6 is 0 Å². The number of hydrogen-bond donors (Lipinski definition) is 2. The average Bonchev–Trinajstić information content (AvgIpc) is 2.65. The lowest BCUT2D eigenvalue weighted by atomic mass is 9.64. The molecule has 0 aliphatic heterocycles. The third-order valence-corrected chi connectivity index (χ3v) is 5.50. The molecular weight excluding hydrogens is 414 g/mol. The summed E-state index contributed by atoms with van der Waals surface area (Å²) in [5, 5.41) is 12.5. The normalized spacial score (nSPS) is 21.2. The summed E-state index contributed by atoms with van der Waals surface area (Å²) in [7, 11) is 0. The number of pyridine rings is 1. The van der Waals surface area contributed by atoms with E-state index >= 15 is 0 Å². The van der Waals surface area contributed by atoms with Gasteiger partial charge in [-0.3, -0.25) is 4.98 Å². The summed E-state index contributed by atoms with van der Waals surface area (Å²) in [6.07, 6.45) is -7.18. The molecule has 2 aromatic heterocycles. The van der Waals surface area contributed by atoms with E-state index in [4.69, 9.17) is 0 Å². The highest BCUT2D eigenvalue weighted by Crippen LogP contribution is 2.43. The first-order chi connectivity index (χ1) is 13.8. The van der Waals surface area contributed by atoms with Crippen molar-refractivity contribution in [3.8, 4) is 0 Å². The van der Waals surface area contributed by atoms with Crippen LogP contribution in [0.3, 0.4) is 0 Å². The number of hydrogen-bond acceptors (Lipinski definition) is 5. The molecule has 2 N–H and O–H groups in total. The van der Waals surface area contributed by atoms with Crippen LogP contribution in [0, 0.1) is 5.41 Å². The predicted octanol–water partition coefficient (Wildman–Crippen LogP) is 4.27.